The molecule has 1 N–H and O–H groups in total. The van der Waals surface area contributed by atoms with Crippen LogP contribution in [0.2, 0.25) is 0 Å². The maximum absolute atomic E-state index is 12.4. The lowest BCUT2D eigenvalue weighted by molar-refractivity contribution is -0.122. The maximum Gasteiger partial charge on any atom is 0.261 e. The van der Waals surface area contributed by atoms with Gasteiger partial charge in [0.05, 0.1) is 28.2 Å². The fourth-order valence-corrected chi connectivity index (χ4v) is 5.42. The number of benzene rings is 1. The lowest BCUT2D eigenvalue weighted by Gasteiger charge is -2.24. The van der Waals surface area contributed by atoms with Crippen molar-refractivity contribution in [2.75, 3.05) is 18.1 Å². The van der Waals surface area contributed by atoms with Gasteiger partial charge in [0.1, 0.15) is 0 Å². The fraction of sp³-hybridized carbons (Fsp3) is 0.471. The topological polar surface area (TPSA) is 101 Å². The van der Waals surface area contributed by atoms with Gasteiger partial charge in [0, 0.05) is 13.0 Å². The largest absolute Gasteiger partial charge is 0.350 e. The second-order valence-electron chi connectivity index (χ2n) is 7.01. The zero-order valence-corrected chi connectivity index (χ0v) is 15.0. The van der Waals surface area contributed by atoms with E-state index in [1.807, 2.05) is 6.92 Å². The summed E-state index contributed by atoms with van der Waals surface area (Å²) in [6, 6.07) is 5.05. The first-order valence-electron chi connectivity index (χ1n) is 8.09. The van der Waals surface area contributed by atoms with Crippen LogP contribution in [0.3, 0.4) is 0 Å². The van der Waals surface area contributed by atoms with Crippen LogP contribution in [0.4, 0.5) is 0 Å². The van der Waals surface area contributed by atoms with Crippen LogP contribution < -0.4 is 5.32 Å². The SMILES string of the molecule is Cc1ccc2c(c1)C(=O)N(CCC(=O)N[C@@]1(C)CCS(=O)(=O)C1)C2=O. The van der Waals surface area contributed by atoms with E-state index in [-0.39, 0.29) is 30.4 Å². The Morgan fingerprint density at radius 3 is 2.56 bits per heavy atom. The van der Waals surface area contributed by atoms with Crippen LogP contribution in [0.1, 0.15) is 46.0 Å². The number of hydrogen-bond donors (Lipinski definition) is 1. The number of carbonyl (C=O) groups excluding carboxylic acids is 3. The van der Waals surface area contributed by atoms with Gasteiger partial charge in [-0.25, -0.2) is 8.42 Å². The summed E-state index contributed by atoms with van der Waals surface area (Å²) in [5.41, 5.74) is 0.814. The molecule has 0 aromatic heterocycles. The number of nitrogens with zero attached hydrogens (tertiary/aromatic N) is 1. The first kappa shape index (κ1) is 17.6. The van der Waals surface area contributed by atoms with E-state index in [4.69, 9.17) is 0 Å². The van der Waals surface area contributed by atoms with Gasteiger partial charge in [-0.15, -0.1) is 0 Å². The lowest BCUT2D eigenvalue weighted by Crippen LogP contribution is -2.47. The van der Waals surface area contributed by atoms with Crippen LogP contribution in [-0.4, -0.2) is 54.6 Å². The van der Waals surface area contributed by atoms with E-state index in [2.05, 4.69) is 5.32 Å². The summed E-state index contributed by atoms with van der Waals surface area (Å²) < 4.78 is 23.2. The summed E-state index contributed by atoms with van der Waals surface area (Å²) in [4.78, 5) is 37.9. The molecule has 0 bridgehead atoms. The zero-order valence-electron chi connectivity index (χ0n) is 14.2. The predicted octanol–water partition coefficient (Wildman–Crippen LogP) is 0.675. The van der Waals surface area contributed by atoms with Crippen LogP contribution in [0, 0.1) is 6.92 Å². The van der Waals surface area contributed by atoms with E-state index >= 15 is 0 Å². The van der Waals surface area contributed by atoms with Crippen LogP contribution in [0.5, 0.6) is 0 Å². The number of fused-ring (bicyclic) bond motifs is 1. The second kappa shape index (κ2) is 5.94. The summed E-state index contributed by atoms with van der Waals surface area (Å²) >= 11 is 0. The van der Waals surface area contributed by atoms with E-state index in [1.165, 1.54) is 0 Å². The highest BCUT2D eigenvalue weighted by molar-refractivity contribution is 7.91. The summed E-state index contributed by atoms with van der Waals surface area (Å²) in [6.45, 7) is 3.50. The smallest absolute Gasteiger partial charge is 0.261 e. The van der Waals surface area contributed by atoms with Crippen LogP contribution in [0.25, 0.3) is 0 Å². The van der Waals surface area contributed by atoms with E-state index in [9.17, 15) is 22.8 Å². The van der Waals surface area contributed by atoms with E-state index in [1.54, 1.807) is 25.1 Å². The van der Waals surface area contributed by atoms with Gasteiger partial charge in [0.25, 0.3) is 11.8 Å². The minimum absolute atomic E-state index is 0.0277. The van der Waals surface area contributed by atoms with Gasteiger partial charge in [0.2, 0.25) is 5.91 Å². The van der Waals surface area contributed by atoms with Crippen molar-refractivity contribution in [3.63, 3.8) is 0 Å². The van der Waals surface area contributed by atoms with Crippen molar-refractivity contribution in [3.8, 4) is 0 Å². The number of hydrogen-bond acceptors (Lipinski definition) is 5. The molecular weight excluding hydrogens is 344 g/mol. The number of sulfone groups is 1. The quantitative estimate of drug-likeness (QED) is 0.792. The van der Waals surface area contributed by atoms with E-state index < -0.39 is 27.2 Å². The molecule has 1 aromatic rings. The van der Waals surface area contributed by atoms with Crippen molar-refractivity contribution in [1.82, 2.24) is 10.2 Å². The molecule has 0 saturated carbocycles. The molecule has 2 aliphatic heterocycles. The third-order valence-corrected chi connectivity index (χ3v) is 6.54. The van der Waals surface area contributed by atoms with E-state index in [0.29, 0.717) is 17.5 Å². The summed E-state index contributed by atoms with van der Waals surface area (Å²) in [7, 11) is -3.12. The highest BCUT2D eigenvalue weighted by Gasteiger charge is 2.40. The average Bonchev–Trinajstić information content (AvgIpc) is 2.91. The Morgan fingerprint density at radius 2 is 1.92 bits per heavy atom. The Bertz CT molecular complexity index is 877. The Kier molecular flexibility index (Phi) is 4.18. The summed E-state index contributed by atoms with van der Waals surface area (Å²) in [6.07, 6.45) is 0.313. The van der Waals surface area contributed by atoms with Crippen molar-refractivity contribution in [2.45, 2.75) is 32.2 Å². The lowest BCUT2D eigenvalue weighted by atomic mass is 10.0. The van der Waals surface area contributed by atoms with Crippen LogP contribution in [-0.2, 0) is 14.6 Å². The Morgan fingerprint density at radius 1 is 1.24 bits per heavy atom. The zero-order chi connectivity index (χ0) is 18.4. The molecule has 134 valence electrons. The third-order valence-electron chi connectivity index (χ3n) is 4.63. The molecule has 0 spiro atoms. The van der Waals surface area contributed by atoms with Crippen molar-refractivity contribution in [1.29, 1.82) is 0 Å². The number of nitrogens with one attached hydrogen (secondary N) is 1. The number of rotatable bonds is 4. The Balaban J connectivity index is 1.62. The molecule has 2 aliphatic rings. The van der Waals surface area contributed by atoms with Crippen molar-refractivity contribution < 1.29 is 22.8 Å². The average molecular weight is 364 g/mol. The molecular formula is C17H20N2O5S. The summed E-state index contributed by atoms with van der Waals surface area (Å²) in [5, 5.41) is 2.73. The van der Waals surface area contributed by atoms with Crippen molar-refractivity contribution in [2.24, 2.45) is 0 Å². The second-order valence-corrected chi connectivity index (χ2v) is 9.20. The van der Waals surface area contributed by atoms with Crippen molar-refractivity contribution >= 4 is 27.6 Å². The van der Waals surface area contributed by atoms with Gasteiger partial charge < -0.3 is 5.32 Å². The maximum atomic E-state index is 12.4. The van der Waals surface area contributed by atoms with E-state index in [0.717, 1.165) is 10.5 Å². The fourth-order valence-electron chi connectivity index (χ4n) is 3.33. The first-order chi connectivity index (χ1) is 11.6. The van der Waals surface area contributed by atoms with Gasteiger partial charge in [0.15, 0.2) is 9.84 Å². The minimum Gasteiger partial charge on any atom is -0.350 e. The molecule has 3 rings (SSSR count). The highest BCUT2D eigenvalue weighted by Crippen LogP contribution is 2.25. The Hall–Kier alpha value is -2.22. The standard InChI is InChI=1S/C17H20N2O5S/c1-11-3-4-12-13(9-11)16(22)19(15(12)21)7-5-14(20)18-17(2)6-8-25(23,24)10-17/h3-4,9H,5-8,10H2,1-2H3,(H,18,20)/t17-/m0/s1. The van der Waals surface area contributed by atoms with Gasteiger partial charge in [-0.1, -0.05) is 11.6 Å². The molecule has 0 aliphatic carbocycles. The van der Waals surface area contributed by atoms with Crippen LogP contribution in [0.15, 0.2) is 18.2 Å². The molecule has 0 unspecified atom stereocenters. The normalized spacial score (nSPS) is 24.5. The number of carbonyl (C=O) groups is 3. The molecule has 25 heavy (non-hydrogen) atoms. The number of amides is 3. The Labute approximate surface area is 146 Å². The minimum atomic E-state index is -3.12. The molecule has 3 amide bonds. The molecule has 1 saturated heterocycles. The monoisotopic (exact) mass is 364 g/mol. The summed E-state index contributed by atoms with van der Waals surface area (Å²) in [5.74, 6) is -1.19. The number of aryl methyl sites for hydroxylation is 1. The third kappa shape index (κ3) is 3.44. The highest BCUT2D eigenvalue weighted by atomic mass is 32.2. The molecule has 2 heterocycles. The molecule has 1 aromatic carbocycles. The van der Waals surface area contributed by atoms with Crippen molar-refractivity contribution in [3.05, 3.63) is 34.9 Å². The van der Waals surface area contributed by atoms with Gasteiger partial charge in [-0.3, -0.25) is 19.3 Å². The molecule has 1 atom stereocenters. The molecule has 0 radical (unpaired) electrons. The number of imide groups is 1. The van der Waals surface area contributed by atoms with Gasteiger partial charge in [-0.2, -0.15) is 0 Å². The molecule has 1 fully saturated rings. The predicted molar refractivity (Wildman–Crippen MR) is 91.0 cm³/mol. The van der Waals surface area contributed by atoms with Crippen LogP contribution >= 0.6 is 0 Å². The molecule has 7 nitrogen and oxygen atoms in total. The van der Waals surface area contributed by atoms with Gasteiger partial charge in [-0.05, 0) is 32.4 Å². The molecule has 8 heteroatoms. The first-order valence-corrected chi connectivity index (χ1v) is 9.91. The van der Waals surface area contributed by atoms with Gasteiger partial charge >= 0.3 is 0 Å².